The van der Waals surface area contributed by atoms with Crippen molar-refractivity contribution in [2.24, 2.45) is 17.4 Å². The van der Waals surface area contributed by atoms with E-state index in [4.69, 9.17) is 11.5 Å². The molecule has 0 saturated heterocycles. The van der Waals surface area contributed by atoms with Gasteiger partial charge >= 0.3 is 0 Å². The summed E-state index contributed by atoms with van der Waals surface area (Å²) in [6.07, 6.45) is 2.00. The Morgan fingerprint density at radius 1 is 1.43 bits per heavy atom. The Balaban J connectivity index is 2.39. The molecule has 1 aromatic rings. The van der Waals surface area contributed by atoms with Crippen LogP contribution in [0.1, 0.15) is 28.8 Å². The average molecular weight is 311 g/mol. The molecule has 1 aliphatic carbocycles. The molecule has 1 unspecified atom stereocenters. The molecule has 21 heavy (non-hydrogen) atoms. The van der Waals surface area contributed by atoms with Gasteiger partial charge in [0.1, 0.15) is 0 Å². The molecule has 0 heterocycles. The van der Waals surface area contributed by atoms with Gasteiger partial charge in [0.05, 0.1) is 4.90 Å². The zero-order valence-corrected chi connectivity index (χ0v) is 13.1. The van der Waals surface area contributed by atoms with Crippen LogP contribution in [0.5, 0.6) is 0 Å². The molecule has 1 amide bonds. The fraction of sp³-hybridized carbons (Fsp3) is 0.500. The van der Waals surface area contributed by atoms with Crippen molar-refractivity contribution in [3.8, 4) is 0 Å². The summed E-state index contributed by atoms with van der Waals surface area (Å²) in [4.78, 5) is 11.4. The van der Waals surface area contributed by atoms with Crippen molar-refractivity contribution in [1.82, 2.24) is 4.31 Å². The third-order valence-corrected chi connectivity index (χ3v) is 5.90. The van der Waals surface area contributed by atoms with E-state index in [0.717, 1.165) is 12.8 Å². The lowest BCUT2D eigenvalue weighted by atomic mass is 10.1. The molecule has 0 aromatic heterocycles. The Labute approximate surface area is 125 Å². The highest BCUT2D eigenvalue weighted by Crippen LogP contribution is 2.36. The molecular weight excluding hydrogens is 290 g/mol. The number of benzene rings is 1. The number of rotatable bonds is 6. The lowest BCUT2D eigenvalue weighted by Crippen LogP contribution is -2.43. The number of carbonyl (C=O) groups excluding carboxylic acids is 1. The second-order valence-corrected chi connectivity index (χ2v) is 7.50. The molecule has 1 atom stereocenters. The number of nitrogens with two attached hydrogens (primary N) is 2. The van der Waals surface area contributed by atoms with E-state index in [1.807, 2.05) is 0 Å². The van der Waals surface area contributed by atoms with Crippen LogP contribution in [-0.4, -0.2) is 38.3 Å². The highest BCUT2D eigenvalue weighted by molar-refractivity contribution is 7.89. The molecular formula is C14H21N3O3S. The van der Waals surface area contributed by atoms with E-state index in [-0.39, 0.29) is 23.0 Å². The first kappa shape index (κ1) is 15.9. The summed E-state index contributed by atoms with van der Waals surface area (Å²) in [5, 5.41) is 0. The van der Waals surface area contributed by atoms with Crippen LogP contribution in [0.3, 0.4) is 0 Å². The number of aryl methyl sites for hydroxylation is 1. The van der Waals surface area contributed by atoms with Crippen LogP contribution in [-0.2, 0) is 10.0 Å². The normalized spacial score (nSPS) is 17.0. The molecule has 1 fully saturated rings. The van der Waals surface area contributed by atoms with Gasteiger partial charge in [-0.05, 0) is 43.4 Å². The number of carbonyl (C=O) groups is 1. The quantitative estimate of drug-likeness (QED) is 0.795. The van der Waals surface area contributed by atoms with Gasteiger partial charge < -0.3 is 11.5 Å². The SMILES string of the molecule is Cc1ccc(S(=O)(=O)N(C)C(CN)C2CC2)cc1C(N)=O. The van der Waals surface area contributed by atoms with Gasteiger partial charge in [-0.15, -0.1) is 0 Å². The Kier molecular flexibility index (Phi) is 4.36. The van der Waals surface area contributed by atoms with Gasteiger partial charge in [0.2, 0.25) is 15.9 Å². The highest BCUT2D eigenvalue weighted by atomic mass is 32.2. The van der Waals surface area contributed by atoms with Gasteiger partial charge in [0.25, 0.3) is 0 Å². The van der Waals surface area contributed by atoms with Crippen molar-refractivity contribution in [2.75, 3.05) is 13.6 Å². The van der Waals surface area contributed by atoms with Gasteiger partial charge in [-0.2, -0.15) is 4.31 Å². The standard InChI is InChI=1S/C14H21N3O3S/c1-9-3-6-11(7-12(9)14(16)18)21(19,20)17(2)13(8-15)10-4-5-10/h3,6-7,10,13H,4-5,8,15H2,1-2H3,(H2,16,18). The number of amides is 1. The van der Waals surface area contributed by atoms with Crippen LogP contribution in [0.2, 0.25) is 0 Å². The van der Waals surface area contributed by atoms with Crippen LogP contribution < -0.4 is 11.5 Å². The van der Waals surface area contributed by atoms with Gasteiger partial charge in [0.15, 0.2) is 0 Å². The van der Waals surface area contributed by atoms with Gasteiger partial charge in [-0.3, -0.25) is 4.79 Å². The fourth-order valence-corrected chi connectivity index (χ4v) is 3.94. The van der Waals surface area contributed by atoms with Crippen molar-refractivity contribution in [2.45, 2.75) is 30.7 Å². The number of likely N-dealkylation sites (N-methyl/N-ethyl adjacent to an activating group) is 1. The van der Waals surface area contributed by atoms with Crippen molar-refractivity contribution >= 4 is 15.9 Å². The van der Waals surface area contributed by atoms with E-state index >= 15 is 0 Å². The van der Waals surface area contributed by atoms with E-state index in [1.165, 1.54) is 23.5 Å². The zero-order chi connectivity index (χ0) is 15.8. The van der Waals surface area contributed by atoms with Gasteiger partial charge in [0, 0.05) is 25.2 Å². The number of hydrogen-bond acceptors (Lipinski definition) is 4. The molecule has 1 aliphatic rings. The van der Waals surface area contributed by atoms with E-state index in [0.29, 0.717) is 11.5 Å². The van der Waals surface area contributed by atoms with Crippen LogP contribution >= 0.6 is 0 Å². The summed E-state index contributed by atoms with van der Waals surface area (Å²) in [6.45, 7) is 2.00. The van der Waals surface area contributed by atoms with Gasteiger partial charge in [-0.1, -0.05) is 6.07 Å². The molecule has 0 spiro atoms. The van der Waals surface area contributed by atoms with E-state index in [2.05, 4.69) is 0 Å². The molecule has 1 saturated carbocycles. The van der Waals surface area contributed by atoms with Crippen LogP contribution in [0.15, 0.2) is 23.1 Å². The van der Waals surface area contributed by atoms with Crippen LogP contribution in [0.25, 0.3) is 0 Å². The first-order valence-electron chi connectivity index (χ1n) is 6.87. The summed E-state index contributed by atoms with van der Waals surface area (Å²) in [7, 11) is -2.15. The first-order valence-corrected chi connectivity index (χ1v) is 8.31. The average Bonchev–Trinajstić information content (AvgIpc) is 3.24. The fourth-order valence-electron chi connectivity index (χ4n) is 2.49. The number of primary amides is 1. The summed E-state index contributed by atoms with van der Waals surface area (Å²) in [6, 6.07) is 4.22. The molecule has 6 nitrogen and oxygen atoms in total. The minimum Gasteiger partial charge on any atom is -0.366 e. The molecule has 116 valence electrons. The van der Waals surface area contributed by atoms with E-state index in [9.17, 15) is 13.2 Å². The lowest BCUT2D eigenvalue weighted by molar-refractivity contribution is 0.0999. The van der Waals surface area contributed by atoms with E-state index < -0.39 is 15.9 Å². The second-order valence-electron chi connectivity index (χ2n) is 5.50. The number of nitrogens with zero attached hydrogens (tertiary/aromatic N) is 1. The Hall–Kier alpha value is -1.44. The summed E-state index contributed by atoms with van der Waals surface area (Å²) >= 11 is 0. The number of sulfonamides is 1. The van der Waals surface area contributed by atoms with Crippen LogP contribution in [0, 0.1) is 12.8 Å². The third-order valence-electron chi connectivity index (χ3n) is 4.03. The maximum atomic E-state index is 12.7. The topological polar surface area (TPSA) is 106 Å². The molecule has 4 N–H and O–H groups in total. The number of hydrogen-bond donors (Lipinski definition) is 2. The minimum absolute atomic E-state index is 0.0727. The Bertz CT molecular complexity index is 653. The molecule has 0 bridgehead atoms. The molecule has 0 radical (unpaired) electrons. The van der Waals surface area contributed by atoms with Crippen molar-refractivity contribution in [1.29, 1.82) is 0 Å². The monoisotopic (exact) mass is 311 g/mol. The zero-order valence-electron chi connectivity index (χ0n) is 12.2. The second kappa shape index (κ2) is 5.75. The predicted molar refractivity (Wildman–Crippen MR) is 80.2 cm³/mol. The summed E-state index contributed by atoms with van der Waals surface area (Å²) in [5.74, 6) is -0.305. The minimum atomic E-state index is -3.68. The maximum absolute atomic E-state index is 12.7. The predicted octanol–water partition coefficient (Wildman–Crippen LogP) is 0.452. The first-order chi connectivity index (χ1) is 9.78. The Morgan fingerprint density at radius 2 is 2.05 bits per heavy atom. The molecule has 7 heteroatoms. The molecule has 1 aromatic carbocycles. The van der Waals surface area contributed by atoms with Crippen LogP contribution in [0.4, 0.5) is 0 Å². The smallest absolute Gasteiger partial charge is 0.249 e. The largest absolute Gasteiger partial charge is 0.366 e. The van der Waals surface area contributed by atoms with Gasteiger partial charge in [-0.25, -0.2) is 8.42 Å². The third kappa shape index (κ3) is 3.09. The Morgan fingerprint density at radius 3 is 2.52 bits per heavy atom. The van der Waals surface area contributed by atoms with E-state index in [1.54, 1.807) is 13.0 Å². The lowest BCUT2D eigenvalue weighted by Gasteiger charge is -2.26. The van der Waals surface area contributed by atoms with Crippen molar-refractivity contribution in [3.63, 3.8) is 0 Å². The van der Waals surface area contributed by atoms with Crippen molar-refractivity contribution in [3.05, 3.63) is 29.3 Å². The maximum Gasteiger partial charge on any atom is 0.249 e. The summed E-state index contributed by atoms with van der Waals surface area (Å²) in [5.41, 5.74) is 11.9. The molecule has 0 aliphatic heterocycles. The molecule has 2 rings (SSSR count). The summed E-state index contributed by atoms with van der Waals surface area (Å²) < 4.78 is 26.7. The van der Waals surface area contributed by atoms with Crippen molar-refractivity contribution < 1.29 is 13.2 Å². The highest BCUT2D eigenvalue weighted by Gasteiger charge is 2.38.